The molecule has 0 fully saturated rings. The minimum absolute atomic E-state index is 0.0387. The Labute approximate surface area is 185 Å². The highest BCUT2D eigenvalue weighted by molar-refractivity contribution is 7.09. The molecule has 5 nitrogen and oxygen atoms in total. The Hall–Kier alpha value is -2.78. The normalized spacial score (nSPS) is 11.3. The molecule has 0 spiro atoms. The van der Waals surface area contributed by atoms with Gasteiger partial charge in [-0.25, -0.2) is 4.98 Å². The van der Waals surface area contributed by atoms with Gasteiger partial charge in [0.15, 0.2) is 0 Å². The van der Waals surface area contributed by atoms with Crippen molar-refractivity contribution in [1.29, 1.82) is 0 Å². The van der Waals surface area contributed by atoms with Crippen molar-refractivity contribution in [1.82, 2.24) is 4.98 Å². The van der Waals surface area contributed by atoms with Gasteiger partial charge in [0.1, 0.15) is 23.1 Å². The first-order valence-electron chi connectivity index (χ1n) is 9.20. The summed E-state index contributed by atoms with van der Waals surface area (Å²) in [4.78, 5) is 16.7. The Balaban J connectivity index is 1.62. The lowest BCUT2D eigenvalue weighted by Gasteiger charge is -2.14. The zero-order valence-corrected chi connectivity index (χ0v) is 17.9. The minimum Gasteiger partial charge on any atom is -0.492 e. The smallest absolute Gasteiger partial charge is 0.416 e. The van der Waals surface area contributed by atoms with Gasteiger partial charge in [0.2, 0.25) is 5.91 Å². The number of rotatable bonds is 8. The van der Waals surface area contributed by atoms with Crippen molar-refractivity contribution >= 4 is 34.5 Å². The number of thiazole rings is 1. The van der Waals surface area contributed by atoms with Crippen molar-refractivity contribution in [3.63, 3.8) is 0 Å². The van der Waals surface area contributed by atoms with Gasteiger partial charge in [-0.2, -0.15) is 13.2 Å². The fourth-order valence-corrected chi connectivity index (χ4v) is 3.45. The molecule has 1 amide bonds. The van der Waals surface area contributed by atoms with E-state index in [9.17, 15) is 18.0 Å². The highest BCUT2D eigenvalue weighted by Gasteiger charge is 2.31. The van der Waals surface area contributed by atoms with Crippen LogP contribution in [0.4, 0.5) is 18.9 Å². The van der Waals surface area contributed by atoms with E-state index in [0.29, 0.717) is 21.5 Å². The summed E-state index contributed by atoms with van der Waals surface area (Å²) in [5, 5.41) is 5.45. The lowest BCUT2D eigenvalue weighted by atomic mass is 10.1. The second-order valence-corrected chi connectivity index (χ2v) is 7.72. The van der Waals surface area contributed by atoms with Gasteiger partial charge in [-0.1, -0.05) is 11.6 Å². The van der Waals surface area contributed by atoms with Crippen LogP contribution in [0.15, 0.2) is 47.8 Å². The van der Waals surface area contributed by atoms with Crippen molar-refractivity contribution < 1.29 is 27.4 Å². The number of carbonyl (C=O) groups excluding carboxylic acids is 1. The van der Waals surface area contributed by atoms with Crippen LogP contribution in [-0.2, 0) is 24.0 Å². The number of ether oxygens (including phenoxy) is 2. The van der Waals surface area contributed by atoms with E-state index in [1.807, 2.05) is 0 Å². The fourth-order valence-electron chi connectivity index (χ4n) is 2.62. The minimum atomic E-state index is -4.53. The number of nitrogens with one attached hydrogen (secondary N) is 1. The van der Waals surface area contributed by atoms with Gasteiger partial charge < -0.3 is 14.8 Å². The average Bonchev–Trinajstić information content (AvgIpc) is 3.15. The number of alkyl halides is 3. The molecule has 1 heterocycles. The van der Waals surface area contributed by atoms with Gasteiger partial charge in [0.05, 0.1) is 30.0 Å². The lowest BCUT2D eigenvalue weighted by Crippen LogP contribution is -2.16. The summed E-state index contributed by atoms with van der Waals surface area (Å²) in [5.74, 6) is 0.293. The standard InChI is InChI=1S/C21H18ClF3N2O3S/c1-2-29-18-8-3-13(21(23,24)25)9-17(18)27-19(28)10-15-12-31-20(26-15)11-30-16-6-4-14(22)5-7-16/h3-9,12H,2,10-11H2,1H3,(H,27,28). The van der Waals surface area contributed by atoms with Crippen molar-refractivity contribution in [2.24, 2.45) is 0 Å². The molecule has 10 heteroatoms. The monoisotopic (exact) mass is 470 g/mol. The molecule has 0 aliphatic heterocycles. The lowest BCUT2D eigenvalue weighted by molar-refractivity contribution is -0.137. The molecule has 0 bridgehead atoms. The Bertz CT molecular complexity index is 1040. The molecule has 3 rings (SSSR count). The number of amides is 1. The molecule has 0 aliphatic rings. The molecule has 0 aliphatic carbocycles. The first-order chi connectivity index (χ1) is 14.7. The predicted octanol–water partition coefficient (Wildman–Crippen LogP) is 5.97. The molecule has 0 saturated carbocycles. The summed E-state index contributed by atoms with van der Waals surface area (Å²) in [5.41, 5.74) is -0.424. The first kappa shape index (κ1) is 22.9. The maximum atomic E-state index is 13.0. The van der Waals surface area contributed by atoms with Gasteiger partial charge in [0.25, 0.3) is 0 Å². The third-order valence-electron chi connectivity index (χ3n) is 4.00. The summed E-state index contributed by atoms with van der Waals surface area (Å²) in [6.07, 6.45) is -4.63. The molecule has 31 heavy (non-hydrogen) atoms. The van der Waals surface area contributed by atoms with E-state index in [4.69, 9.17) is 21.1 Å². The van der Waals surface area contributed by atoms with E-state index < -0.39 is 17.6 Å². The summed E-state index contributed by atoms with van der Waals surface area (Å²) in [6, 6.07) is 9.84. The number of carbonyl (C=O) groups is 1. The predicted molar refractivity (Wildman–Crippen MR) is 113 cm³/mol. The highest BCUT2D eigenvalue weighted by Crippen LogP contribution is 2.35. The van der Waals surface area contributed by atoms with Crippen molar-refractivity contribution in [3.8, 4) is 11.5 Å². The van der Waals surface area contributed by atoms with E-state index >= 15 is 0 Å². The Kier molecular flexibility index (Phi) is 7.40. The maximum absolute atomic E-state index is 13.0. The van der Waals surface area contributed by atoms with E-state index in [2.05, 4.69) is 10.3 Å². The SMILES string of the molecule is CCOc1ccc(C(F)(F)F)cc1NC(=O)Cc1csc(COc2ccc(Cl)cc2)n1. The quantitative estimate of drug-likeness (QED) is 0.440. The van der Waals surface area contributed by atoms with E-state index in [0.717, 1.165) is 12.1 Å². The van der Waals surface area contributed by atoms with Crippen LogP contribution in [0, 0.1) is 0 Å². The Morgan fingerprint density at radius 2 is 1.90 bits per heavy atom. The van der Waals surface area contributed by atoms with Gasteiger partial charge >= 0.3 is 6.18 Å². The van der Waals surface area contributed by atoms with E-state index in [-0.39, 0.29) is 31.1 Å². The molecular weight excluding hydrogens is 453 g/mol. The zero-order chi connectivity index (χ0) is 22.4. The molecule has 1 aromatic heterocycles. The number of benzene rings is 2. The number of aromatic nitrogens is 1. The summed E-state index contributed by atoms with van der Waals surface area (Å²) >= 11 is 7.15. The second-order valence-electron chi connectivity index (χ2n) is 6.34. The van der Waals surface area contributed by atoms with Crippen LogP contribution in [0.3, 0.4) is 0 Å². The molecular formula is C21H18ClF3N2O3S. The fraction of sp³-hybridized carbons (Fsp3) is 0.238. The molecule has 2 aromatic carbocycles. The van der Waals surface area contributed by atoms with Crippen LogP contribution in [0.5, 0.6) is 11.5 Å². The molecule has 164 valence electrons. The third kappa shape index (κ3) is 6.60. The summed E-state index contributed by atoms with van der Waals surface area (Å²) in [6.45, 7) is 2.17. The van der Waals surface area contributed by atoms with Crippen LogP contribution in [0.25, 0.3) is 0 Å². The number of anilines is 1. The Morgan fingerprint density at radius 1 is 1.16 bits per heavy atom. The van der Waals surface area contributed by atoms with Gasteiger partial charge in [-0.05, 0) is 49.4 Å². The van der Waals surface area contributed by atoms with Crippen LogP contribution in [-0.4, -0.2) is 17.5 Å². The first-order valence-corrected chi connectivity index (χ1v) is 10.5. The van der Waals surface area contributed by atoms with E-state index in [1.54, 1.807) is 36.6 Å². The van der Waals surface area contributed by atoms with Crippen molar-refractivity contribution in [2.45, 2.75) is 26.1 Å². The maximum Gasteiger partial charge on any atom is 0.416 e. The molecule has 3 aromatic rings. The van der Waals surface area contributed by atoms with Crippen LogP contribution >= 0.6 is 22.9 Å². The van der Waals surface area contributed by atoms with Gasteiger partial charge in [-0.15, -0.1) is 11.3 Å². The topological polar surface area (TPSA) is 60.5 Å². The molecule has 0 saturated heterocycles. The number of nitrogens with zero attached hydrogens (tertiary/aromatic N) is 1. The molecule has 0 unspecified atom stereocenters. The molecule has 0 atom stereocenters. The molecule has 1 N–H and O–H groups in total. The second kappa shape index (κ2) is 10.0. The van der Waals surface area contributed by atoms with Crippen LogP contribution in [0.2, 0.25) is 5.02 Å². The van der Waals surface area contributed by atoms with Crippen molar-refractivity contribution in [2.75, 3.05) is 11.9 Å². The van der Waals surface area contributed by atoms with Gasteiger partial charge in [0, 0.05) is 10.4 Å². The Morgan fingerprint density at radius 3 is 2.58 bits per heavy atom. The van der Waals surface area contributed by atoms with Crippen LogP contribution < -0.4 is 14.8 Å². The highest BCUT2D eigenvalue weighted by atomic mass is 35.5. The largest absolute Gasteiger partial charge is 0.492 e. The number of hydrogen-bond acceptors (Lipinski definition) is 5. The van der Waals surface area contributed by atoms with E-state index in [1.165, 1.54) is 17.4 Å². The summed E-state index contributed by atoms with van der Waals surface area (Å²) in [7, 11) is 0. The zero-order valence-electron chi connectivity index (χ0n) is 16.3. The molecule has 0 radical (unpaired) electrons. The van der Waals surface area contributed by atoms with Crippen LogP contribution in [0.1, 0.15) is 23.2 Å². The average molecular weight is 471 g/mol. The van der Waals surface area contributed by atoms with Gasteiger partial charge in [-0.3, -0.25) is 4.79 Å². The third-order valence-corrected chi connectivity index (χ3v) is 5.12. The number of hydrogen-bond donors (Lipinski definition) is 1. The summed E-state index contributed by atoms with van der Waals surface area (Å²) < 4.78 is 50.0. The number of halogens is 4. The van der Waals surface area contributed by atoms with Crippen molar-refractivity contribution in [3.05, 3.63) is 69.1 Å².